The summed E-state index contributed by atoms with van der Waals surface area (Å²) < 4.78 is 10.2. The number of nitrogen functional groups attached to an aromatic ring is 1. The van der Waals surface area contributed by atoms with Crippen LogP contribution < -0.4 is 11.1 Å². The highest BCUT2D eigenvalue weighted by atomic mass is 16.5. The number of carbonyl (C=O) groups excluding carboxylic acids is 2. The van der Waals surface area contributed by atoms with Gasteiger partial charge in [-0.2, -0.15) is 0 Å². The van der Waals surface area contributed by atoms with Crippen LogP contribution in [0.1, 0.15) is 24.9 Å². The van der Waals surface area contributed by atoms with Gasteiger partial charge in [0.1, 0.15) is 0 Å². The van der Waals surface area contributed by atoms with Gasteiger partial charge in [-0.1, -0.05) is 12.1 Å². The number of nitrogens with two attached hydrogens (primary N) is 1. The van der Waals surface area contributed by atoms with Gasteiger partial charge in [-0.05, 0) is 24.6 Å². The number of anilines is 1. The number of carbonyl (C=O) groups is 2. The molecule has 126 valence electrons. The van der Waals surface area contributed by atoms with Crippen LogP contribution in [0.25, 0.3) is 0 Å². The van der Waals surface area contributed by atoms with Crippen LogP contribution in [0.5, 0.6) is 0 Å². The molecule has 3 N–H and O–H groups in total. The number of ether oxygens (including phenoxy) is 2. The maximum absolute atomic E-state index is 12.4. The van der Waals surface area contributed by atoms with Crippen LogP contribution in [0.2, 0.25) is 0 Å². The number of urea groups is 1. The van der Waals surface area contributed by atoms with Gasteiger partial charge in [0.05, 0.1) is 32.3 Å². The molecule has 23 heavy (non-hydrogen) atoms. The average molecular weight is 321 g/mol. The maximum atomic E-state index is 12.4. The van der Waals surface area contributed by atoms with Gasteiger partial charge in [0, 0.05) is 18.8 Å². The minimum absolute atomic E-state index is 0.0772. The van der Waals surface area contributed by atoms with E-state index >= 15 is 0 Å². The number of nitrogens with one attached hydrogen (secondary N) is 1. The van der Waals surface area contributed by atoms with Gasteiger partial charge in [0.2, 0.25) is 0 Å². The summed E-state index contributed by atoms with van der Waals surface area (Å²) in [5, 5.41) is 2.90. The van der Waals surface area contributed by atoms with E-state index in [9.17, 15) is 9.59 Å². The van der Waals surface area contributed by atoms with Crippen molar-refractivity contribution >= 4 is 17.7 Å². The van der Waals surface area contributed by atoms with Crippen molar-refractivity contribution in [1.29, 1.82) is 0 Å². The van der Waals surface area contributed by atoms with Crippen LogP contribution in [-0.2, 0) is 14.3 Å². The summed E-state index contributed by atoms with van der Waals surface area (Å²) in [5.74, 6) is -0.350. The fraction of sp³-hybridized carbons (Fsp3) is 0.500. The number of benzene rings is 1. The molecule has 1 aromatic rings. The van der Waals surface area contributed by atoms with Crippen molar-refractivity contribution in [1.82, 2.24) is 10.2 Å². The molecule has 1 aliphatic heterocycles. The summed E-state index contributed by atoms with van der Waals surface area (Å²) in [5.41, 5.74) is 7.13. The van der Waals surface area contributed by atoms with Gasteiger partial charge >= 0.3 is 12.0 Å². The van der Waals surface area contributed by atoms with E-state index in [4.69, 9.17) is 15.2 Å². The van der Waals surface area contributed by atoms with Crippen LogP contribution in [0.15, 0.2) is 24.3 Å². The average Bonchev–Trinajstić information content (AvgIpc) is 2.56. The number of amides is 2. The SMILES string of the molecule is CCOC(=O)CC(NC(=O)N1CCOCC1)c1ccc(N)cc1. The number of hydrogen-bond acceptors (Lipinski definition) is 5. The first-order valence-electron chi connectivity index (χ1n) is 7.74. The molecule has 0 saturated carbocycles. The second kappa shape index (κ2) is 8.38. The number of rotatable bonds is 5. The Labute approximate surface area is 135 Å². The fourth-order valence-corrected chi connectivity index (χ4v) is 2.37. The summed E-state index contributed by atoms with van der Waals surface area (Å²) in [6, 6.07) is 6.44. The van der Waals surface area contributed by atoms with Crippen molar-refractivity contribution < 1.29 is 19.1 Å². The predicted molar refractivity (Wildman–Crippen MR) is 85.8 cm³/mol. The van der Waals surface area contributed by atoms with E-state index in [1.165, 1.54) is 0 Å². The summed E-state index contributed by atoms with van der Waals surface area (Å²) in [6.07, 6.45) is 0.0772. The molecule has 2 amide bonds. The van der Waals surface area contributed by atoms with Crippen molar-refractivity contribution in [3.8, 4) is 0 Å². The number of nitrogens with zero attached hydrogens (tertiary/aromatic N) is 1. The third kappa shape index (κ3) is 5.14. The zero-order valence-corrected chi connectivity index (χ0v) is 13.3. The molecular weight excluding hydrogens is 298 g/mol. The molecule has 1 fully saturated rings. The molecule has 7 nitrogen and oxygen atoms in total. The quantitative estimate of drug-likeness (QED) is 0.630. The van der Waals surface area contributed by atoms with Crippen molar-refractivity contribution in [2.75, 3.05) is 38.6 Å². The fourth-order valence-electron chi connectivity index (χ4n) is 2.37. The lowest BCUT2D eigenvalue weighted by Gasteiger charge is -2.29. The highest BCUT2D eigenvalue weighted by molar-refractivity contribution is 5.77. The van der Waals surface area contributed by atoms with E-state index in [1.54, 1.807) is 36.1 Å². The molecule has 1 aliphatic rings. The molecule has 0 bridgehead atoms. The van der Waals surface area contributed by atoms with Gasteiger partial charge in [0.25, 0.3) is 0 Å². The van der Waals surface area contributed by atoms with Crippen molar-refractivity contribution in [3.05, 3.63) is 29.8 Å². The molecule has 1 unspecified atom stereocenters. The molecule has 1 atom stereocenters. The molecule has 1 heterocycles. The molecule has 0 aliphatic carbocycles. The van der Waals surface area contributed by atoms with Crippen LogP contribution in [-0.4, -0.2) is 49.8 Å². The Hall–Kier alpha value is -2.28. The van der Waals surface area contributed by atoms with Gasteiger partial charge in [-0.15, -0.1) is 0 Å². The highest BCUT2D eigenvalue weighted by Gasteiger charge is 2.23. The Kier molecular flexibility index (Phi) is 6.22. The van der Waals surface area contributed by atoms with Gasteiger partial charge in [-0.25, -0.2) is 4.79 Å². The summed E-state index contributed by atoms with van der Waals surface area (Å²) in [7, 11) is 0. The Balaban J connectivity index is 2.07. The Morgan fingerprint density at radius 1 is 1.30 bits per heavy atom. The molecule has 0 radical (unpaired) electrons. The van der Waals surface area contributed by atoms with Gasteiger partial charge in [-0.3, -0.25) is 4.79 Å². The molecule has 0 spiro atoms. The van der Waals surface area contributed by atoms with Gasteiger partial charge in [0.15, 0.2) is 0 Å². The lowest BCUT2D eigenvalue weighted by molar-refractivity contribution is -0.143. The first-order valence-corrected chi connectivity index (χ1v) is 7.74. The highest BCUT2D eigenvalue weighted by Crippen LogP contribution is 2.19. The third-order valence-corrected chi connectivity index (χ3v) is 3.61. The second-order valence-electron chi connectivity index (χ2n) is 5.28. The van der Waals surface area contributed by atoms with E-state index in [0.29, 0.717) is 38.6 Å². The van der Waals surface area contributed by atoms with Gasteiger partial charge < -0.3 is 25.4 Å². The first-order chi connectivity index (χ1) is 11.1. The van der Waals surface area contributed by atoms with Crippen LogP contribution in [0.4, 0.5) is 10.5 Å². The molecule has 1 aromatic carbocycles. The molecular formula is C16H23N3O4. The normalized spacial score (nSPS) is 15.8. The lowest BCUT2D eigenvalue weighted by Crippen LogP contribution is -2.47. The van der Waals surface area contributed by atoms with E-state index < -0.39 is 6.04 Å². The third-order valence-electron chi connectivity index (χ3n) is 3.61. The Morgan fingerprint density at radius 2 is 1.96 bits per heavy atom. The predicted octanol–water partition coefficient (Wildman–Crippen LogP) is 1.30. The summed E-state index contributed by atoms with van der Waals surface area (Å²) in [6.45, 7) is 4.20. The lowest BCUT2D eigenvalue weighted by atomic mass is 10.0. The van der Waals surface area contributed by atoms with E-state index in [-0.39, 0.29) is 18.4 Å². The molecule has 2 rings (SSSR count). The number of hydrogen-bond donors (Lipinski definition) is 2. The van der Waals surface area contributed by atoms with Crippen molar-refractivity contribution in [2.24, 2.45) is 0 Å². The van der Waals surface area contributed by atoms with E-state index in [2.05, 4.69) is 5.32 Å². The molecule has 7 heteroatoms. The zero-order chi connectivity index (χ0) is 16.7. The summed E-state index contributed by atoms with van der Waals surface area (Å²) >= 11 is 0. The van der Waals surface area contributed by atoms with Crippen LogP contribution >= 0.6 is 0 Å². The van der Waals surface area contributed by atoms with E-state index in [0.717, 1.165) is 5.56 Å². The van der Waals surface area contributed by atoms with Crippen molar-refractivity contribution in [2.45, 2.75) is 19.4 Å². The van der Waals surface area contributed by atoms with E-state index in [1.807, 2.05) is 0 Å². The summed E-state index contributed by atoms with van der Waals surface area (Å²) in [4.78, 5) is 25.9. The number of esters is 1. The standard InChI is InChI=1S/C16H23N3O4/c1-2-23-15(20)11-14(12-3-5-13(17)6-4-12)18-16(21)19-7-9-22-10-8-19/h3-6,14H,2,7-11,17H2,1H3,(H,18,21). The first kappa shape index (κ1) is 17.1. The van der Waals surface area contributed by atoms with Crippen molar-refractivity contribution in [3.63, 3.8) is 0 Å². The Morgan fingerprint density at radius 3 is 2.57 bits per heavy atom. The zero-order valence-electron chi connectivity index (χ0n) is 13.3. The minimum Gasteiger partial charge on any atom is -0.466 e. The topological polar surface area (TPSA) is 93.9 Å². The molecule has 0 aromatic heterocycles. The minimum atomic E-state index is -0.454. The second-order valence-corrected chi connectivity index (χ2v) is 5.28. The Bertz CT molecular complexity index is 527. The van der Waals surface area contributed by atoms with Crippen LogP contribution in [0.3, 0.4) is 0 Å². The monoisotopic (exact) mass is 321 g/mol. The largest absolute Gasteiger partial charge is 0.466 e. The maximum Gasteiger partial charge on any atom is 0.318 e. The number of morpholine rings is 1. The smallest absolute Gasteiger partial charge is 0.318 e. The molecule has 1 saturated heterocycles. The van der Waals surface area contributed by atoms with Crippen LogP contribution in [0, 0.1) is 0 Å².